The summed E-state index contributed by atoms with van der Waals surface area (Å²) in [7, 11) is 0. The molecule has 0 bridgehead atoms. The van der Waals surface area contributed by atoms with E-state index in [1.54, 1.807) is 0 Å². The Hall–Kier alpha value is -2.37. The summed E-state index contributed by atoms with van der Waals surface area (Å²) in [5, 5.41) is 5.68. The van der Waals surface area contributed by atoms with Gasteiger partial charge in [0.2, 0.25) is 5.91 Å². The Bertz CT molecular complexity index is 721. The minimum atomic E-state index is -0.810. The van der Waals surface area contributed by atoms with E-state index in [9.17, 15) is 14.4 Å². The summed E-state index contributed by atoms with van der Waals surface area (Å²) in [4.78, 5) is 38.9. The zero-order valence-corrected chi connectivity index (χ0v) is 16.9. The van der Waals surface area contributed by atoms with Crippen LogP contribution < -0.4 is 10.6 Å². The van der Waals surface area contributed by atoms with Crippen LogP contribution in [0, 0.1) is 0 Å². The van der Waals surface area contributed by atoms with Gasteiger partial charge in [-0.15, -0.1) is 0 Å². The fourth-order valence-corrected chi connectivity index (χ4v) is 4.14. The highest BCUT2D eigenvalue weighted by molar-refractivity contribution is 6.10. The molecule has 1 aromatic rings. The molecule has 152 valence electrons. The summed E-state index contributed by atoms with van der Waals surface area (Å²) in [5.41, 5.74) is 1.08. The van der Waals surface area contributed by atoms with Crippen LogP contribution in [0.4, 0.5) is 10.5 Å². The predicted octanol–water partition coefficient (Wildman–Crippen LogP) is 4.17. The Labute approximate surface area is 167 Å². The van der Waals surface area contributed by atoms with Gasteiger partial charge in [-0.05, 0) is 42.9 Å². The van der Waals surface area contributed by atoms with E-state index in [0.717, 1.165) is 37.0 Å². The molecule has 1 saturated heterocycles. The van der Waals surface area contributed by atoms with Crippen molar-refractivity contribution in [2.24, 2.45) is 0 Å². The second-order valence-electron chi connectivity index (χ2n) is 8.15. The molecule has 1 atom stereocenters. The van der Waals surface area contributed by atoms with Crippen molar-refractivity contribution in [2.75, 3.05) is 11.9 Å². The number of carbonyl (C=O) groups excluding carboxylic acids is 3. The molecule has 1 spiro atoms. The summed E-state index contributed by atoms with van der Waals surface area (Å²) in [5.74, 6) is -0.139. The molecule has 2 aliphatic rings. The van der Waals surface area contributed by atoms with Crippen LogP contribution in [0.3, 0.4) is 0 Å². The zero-order valence-electron chi connectivity index (χ0n) is 16.9. The van der Waals surface area contributed by atoms with Crippen molar-refractivity contribution in [1.82, 2.24) is 10.2 Å². The average Bonchev–Trinajstić information content (AvgIpc) is 2.89. The number of carbonyl (C=O) groups is 3. The molecule has 1 aromatic carbocycles. The van der Waals surface area contributed by atoms with Crippen molar-refractivity contribution in [3.8, 4) is 0 Å². The van der Waals surface area contributed by atoms with Crippen molar-refractivity contribution >= 4 is 23.5 Å². The third-order valence-electron chi connectivity index (χ3n) is 6.13. The zero-order chi connectivity index (χ0) is 20.1. The van der Waals surface area contributed by atoms with E-state index in [1.807, 2.05) is 24.3 Å². The minimum absolute atomic E-state index is 0.248. The van der Waals surface area contributed by atoms with Gasteiger partial charge >= 0.3 is 6.03 Å². The molecule has 1 aliphatic carbocycles. The van der Waals surface area contributed by atoms with Crippen LogP contribution in [-0.4, -0.2) is 34.8 Å². The second-order valence-corrected chi connectivity index (χ2v) is 8.15. The van der Waals surface area contributed by atoms with Crippen LogP contribution in [0.1, 0.15) is 76.7 Å². The van der Waals surface area contributed by atoms with Gasteiger partial charge in [0.1, 0.15) is 12.1 Å². The Kier molecular flexibility index (Phi) is 6.37. The first-order chi connectivity index (χ1) is 13.4. The number of nitrogens with zero attached hydrogens (tertiary/aromatic N) is 1. The molecule has 0 radical (unpaired) electrons. The Morgan fingerprint density at radius 2 is 1.71 bits per heavy atom. The van der Waals surface area contributed by atoms with Crippen molar-refractivity contribution in [3.05, 3.63) is 29.8 Å². The van der Waals surface area contributed by atoms with E-state index in [2.05, 4.69) is 24.5 Å². The number of hydrogen-bond donors (Lipinski definition) is 2. The van der Waals surface area contributed by atoms with E-state index in [1.165, 1.54) is 12.0 Å². The fraction of sp³-hybridized carbons (Fsp3) is 0.591. The normalized spacial score (nSPS) is 20.4. The molecule has 1 heterocycles. The number of nitrogens with one attached hydrogen (secondary N) is 2. The van der Waals surface area contributed by atoms with Gasteiger partial charge in [-0.1, -0.05) is 58.1 Å². The Morgan fingerprint density at radius 3 is 2.32 bits per heavy atom. The number of rotatable bonds is 5. The number of anilines is 1. The van der Waals surface area contributed by atoms with Crippen molar-refractivity contribution in [1.29, 1.82) is 0 Å². The van der Waals surface area contributed by atoms with Crippen molar-refractivity contribution in [2.45, 2.75) is 76.7 Å². The van der Waals surface area contributed by atoms with Crippen LogP contribution in [-0.2, 0) is 9.59 Å². The highest BCUT2D eigenvalue weighted by atomic mass is 16.2. The van der Waals surface area contributed by atoms with Crippen LogP contribution in [0.5, 0.6) is 0 Å². The maximum Gasteiger partial charge on any atom is 0.325 e. The number of benzene rings is 1. The van der Waals surface area contributed by atoms with Gasteiger partial charge in [-0.3, -0.25) is 14.5 Å². The molecular weight excluding hydrogens is 354 g/mol. The van der Waals surface area contributed by atoms with Gasteiger partial charge in [0, 0.05) is 5.69 Å². The van der Waals surface area contributed by atoms with Crippen LogP contribution in [0.15, 0.2) is 24.3 Å². The number of urea groups is 1. The van der Waals surface area contributed by atoms with E-state index in [-0.39, 0.29) is 18.4 Å². The molecule has 2 fully saturated rings. The molecule has 1 aliphatic heterocycles. The van der Waals surface area contributed by atoms with Gasteiger partial charge in [-0.25, -0.2) is 4.79 Å². The lowest BCUT2D eigenvalue weighted by molar-refractivity contribution is -0.134. The molecule has 1 unspecified atom stereocenters. The lowest BCUT2D eigenvalue weighted by Crippen LogP contribution is -2.47. The van der Waals surface area contributed by atoms with Gasteiger partial charge in [-0.2, -0.15) is 0 Å². The Balaban J connectivity index is 1.62. The topological polar surface area (TPSA) is 78.5 Å². The molecule has 3 rings (SSSR count). The third kappa shape index (κ3) is 4.37. The summed E-state index contributed by atoms with van der Waals surface area (Å²) in [6.07, 6.45) is 7.57. The monoisotopic (exact) mass is 385 g/mol. The highest BCUT2D eigenvalue weighted by Gasteiger charge is 2.50. The first-order valence-corrected chi connectivity index (χ1v) is 10.5. The molecule has 2 N–H and O–H groups in total. The maximum atomic E-state index is 13.0. The standard InChI is InChI=1S/C22H31N3O3/c1-3-16(2)17-9-11-18(12-10-17)23-19(26)15-25-20(27)22(24-21(25)28)13-7-5-4-6-8-14-22/h9-12,16H,3-8,13-15H2,1-2H3,(H,23,26)(H,24,28). The first kappa shape index (κ1) is 20.4. The van der Waals surface area contributed by atoms with Crippen LogP contribution in [0.25, 0.3) is 0 Å². The van der Waals surface area contributed by atoms with E-state index in [0.29, 0.717) is 24.4 Å². The highest BCUT2D eigenvalue weighted by Crippen LogP contribution is 2.32. The number of amides is 4. The lowest BCUT2D eigenvalue weighted by Gasteiger charge is -2.28. The average molecular weight is 386 g/mol. The van der Waals surface area contributed by atoms with Crippen LogP contribution >= 0.6 is 0 Å². The maximum absolute atomic E-state index is 13.0. The smallest absolute Gasteiger partial charge is 0.325 e. The van der Waals surface area contributed by atoms with Crippen molar-refractivity contribution in [3.63, 3.8) is 0 Å². The molecule has 0 aromatic heterocycles. The summed E-state index contributed by atoms with van der Waals surface area (Å²) in [6.45, 7) is 4.05. The molecular formula is C22H31N3O3. The van der Waals surface area contributed by atoms with Crippen LogP contribution in [0.2, 0.25) is 0 Å². The van der Waals surface area contributed by atoms with E-state index in [4.69, 9.17) is 0 Å². The summed E-state index contributed by atoms with van der Waals surface area (Å²) < 4.78 is 0. The molecule has 6 nitrogen and oxygen atoms in total. The summed E-state index contributed by atoms with van der Waals surface area (Å²) in [6, 6.07) is 7.28. The minimum Gasteiger partial charge on any atom is -0.325 e. The second kappa shape index (κ2) is 8.76. The molecule has 28 heavy (non-hydrogen) atoms. The fourth-order valence-electron chi connectivity index (χ4n) is 4.14. The van der Waals surface area contributed by atoms with E-state index >= 15 is 0 Å². The summed E-state index contributed by atoms with van der Waals surface area (Å²) >= 11 is 0. The third-order valence-corrected chi connectivity index (χ3v) is 6.13. The quantitative estimate of drug-likeness (QED) is 0.747. The van der Waals surface area contributed by atoms with E-state index < -0.39 is 11.6 Å². The first-order valence-electron chi connectivity index (χ1n) is 10.5. The molecule has 6 heteroatoms. The van der Waals surface area contributed by atoms with Gasteiger partial charge < -0.3 is 10.6 Å². The predicted molar refractivity (Wildman–Crippen MR) is 109 cm³/mol. The molecule has 1 saturated carbocycles. The lowest BCUT2D eigenvalue weighted by atomic mass is 9.84. The van der Waals surface area contributed by atoms with Gasteiger partial charge in [0.05, 0.1) is 0 Å². The van der Waals surface area contributed by atoms with Gasteiger partial charge in [0.25, 0.3) is 5.91 Å². The van der Waals surface area contributed by atoms with Gasteiger partial charge in [0.15, 0.2) is 0 Å². The number of imide groups is 1. The molecule has 4 amide bonds. The number of hydrogen-bond acceptors (Lipinski definition) is 3. The SMILES string of the molecule is CCC(C)c1ccc(NC(=O)CN2C(=O)NC3(CCCCCCC3)C2=O)cc1. The van der Waals surface area contributed by atoms with Crippen molar-refractivity contribution < 1.29 is 14.4 Å². The largest absolute Gasteiger partial charge is 0.325 e. The Morgan fingerprint density at radius 1 is 1.11 bits per heavy atom.